The molecule has 0 radical (unpaired) electrons. The molecule has 0 amide bonds. The highest BCUT2D eigenvalue weighted by atomic mass is 127. The minimum absolute atomic E-state index is 0. The molecule has 0 aliphatic carbocycles. The van der Waals surface area contributed by atoms with Crippen molar-refractivity contribution in [2.24, 2.45) is 0 Å². The molecule has 0 heterocycles. The lowest BCUT2D eigenvalue weighted by atomic mass is 11.8. The van der Waals surface area contributed by atoms with Crippen LogP contribution in [-0.2, 0) is 0 Å². The fraction of sp³-hybridized carbons (Fsp3) is 1.00. The van der Waals surface area contributed by atoms with Crippen LogP contribution in [0.15, 0.2) is 0 Å². The van der Waals surface area contributed by atoms with Crippen molar-refractivity contribution < 1.29 is 10.6 Å². The molecule has 4 heteroatoms. The molecule has 0 aromatic carbocycles. The number of alkyl halides is 2. The van der Waals surface area contributed by atoms with E-state index in [9.17, 15) is 0 Å². The first-order chi connectivity index (χ1) is 1.73. The fourth-order valence-electron chi connectivity index (χ4n) is 0. The van der Waals surface area contributed by atoms with Gasteiger partial charge >= 0.3 is 0 Å². The van der Waals surface area contributed by atoms with E-state index < -0.39 is 0 Å². The van der Waals surface area contributed by atoms with E-state index in [1.165, 1.54) is 0 Å². The minimum Gasteiger partial charge on any atom is -0.412 e. The summed E-state index contributed by atoms with van der Waals surface area (Å²) in [4.78, 5) is 0. The Morgan fingerprint density at radius 2 is 1.40 bits per heavy atom. The second kappa shape index (κ2) is 5.38. The van der Waals surface area contributed by atoms with E-state index in [0.29, 0.717) is 0 Å². The highest BCUT2D eigenvalue weighted by Crippen LogP contribution is 2.01. The Hall–Kier alpha value is 1.38. The van der Waals surface area contributed by atoms with Crippen LogP contribution in [0.5, 0.6) is 0 Å². The van der Waals surface area contributed by atoms with Crippen molar-refractivity contribution >= 4 is 45.2 Å². The summed E-state index contributed by atoms with van der Waals surface area (Å²) >= 11 is 3.77. The third-order valence-corrected chi connectivity index (χ3v) is 0. The van der Waals surface area contributed by atoms with Gasteiger partial charge in [0.2, 0.25) is 0 Å². The van der Waals surface area contributed by atoms with Crippen LogP contribution < -0.4 is 0 Å². The van der Waals surface area contributed by atoms with E-state index in [4.69, 9.17) is 5.11 Å². The third-order valence-electron chi connectivity index (χ3n) is 0. The standard InChI is InChI=1S/CH2I2O.H2O/c2-1(3)4;/h1,4H;1H2. The van der Waals surface area contributed by atoms with Gasteiger partial charge in [-0.2, -0.15) is 0 Å². The molecule has 0 unspecified atom stereocenters. The quantitative estimate of drug-likeness (QED) is 0.508. The Morgan fingerprint density at radius 1 is 1.40 bits per heavy atom. The largest absolute Gasteiger partial charge is 0.412 e. The second-order valence-electron chi connectivity index (χ2n) is 0.278. The van der Waals surface area contributed by atoms with Gasteiger partial charge in [-0.3, -0.25) is 0 Å². The zero-order valence-electron chi connectivity index (χ0n) is 2.28. The lowest BCUT2D eigenvalue weighted by molar-refractivity contribution is 0.372. The first kappa shape index (κ1) is 9.63. The van der Waals surface area contributed by atoms with E-state index in [1.807, 2.05) is 45.2 Å². The number of hydrogen-bond acceptors (Lipinski definition) is 1. The molecule has 0 fully saturated rings. The van der Waals surface area contributed by atoms with Crippen molar-refractivity contribution in [2.45, 2.75) is 2.12 Å². The molecular formula is CH4I2O2. The Kier molecular flexibility index (Phi) is 10.4. The SMILES string of the molecule is O.OC(I)I. The third kappa shape index (κ3) is 32.3. The van der Waals surface area contributed by atoms with Crippen molar-refractivity contribution in [1.29, 1.82) is 0 Å². The summed E-state index contributed by atoms with van der Waals surface area (Å²) in [7, 11) is 0. The number of halogens is 2. The summed E-state index contributed by atoms with van der Waals surface area (Å²) in [5.74, 6) is 0. The fourth-order valence-corrected chi connectivity index (χ4v) is 0. The molecule has 0 saturated carbocycles. The first-order valence-corrected chi connectivity index (χ1v) is 3.19. The van der Waals surface area contributed by atoms with Crippen LogP contribution in [0.1, 0.15) is 0 Å². The minimum atomic E-state index is -0.227. The summed E-state index contributed by atoms with van der Waals surface area (Å²) in [6.07, 6.45) is 0. The van der Waals surface area contributed by atoms with Gasteiger partial charge in [0.15, 0.2) is 2.12 Å². The van der Waals surface area contributed by atoms with Gasteiger partial charge in [0.05, 0.1) is 0 Å². The highest BCUT2D eigenvalue weighted by molar-refractivity contribution is 14.2. The van der Waals surface area contributed by atoms with Gasteiger partial charge in [-0.1, -0.05) is 0 Å². The van der Waals surface area contributed by atoms with Crippen molar-refractivity contribution in [3.8, 4) is 0 Å². The summed E-state index contributed by atoms with van der Waals surface area (Å²) in [5, 5.41) is 8.03. The van der Waals surface area contributed by atoms with Crippen LogP contribution in [0, 0.1) is 0 Å². The zero-order valence-corrected chi connectivity index (χ0v) is 6.60. The number of aliphatic hydroxyl groups excluding tert-OH is 1. The van der Waals surface area contributed by atoms with Gasteiger partial charge in [0.25, 0.3) is 0 Å². The molecule has 3 N–H and O–H groups in total. The van der Waals surface area contributed by atoms with Gasteiger partial charge < -0.3 is 10.6 Å². The summed E-state index contributed by atoms with van der Waals surface area (Å²) in [6, 6.07) is 0. The van der Waals surface area contributed by atoms with Gasteiger partial charge in [0.1, 0.15) is 0 Å². The second-order valence-corrected chi connectivity index (χ2v) is 5.02. The highest BCUT2D eigenvalue weighted by Gasteiger charge is 1.75. The van der Waals surface area contributed by atoms with E-state index in [0.717, 1.165) is 0 Å². The smallest absolute Gasteiger partial charge is 0.156 e. The lowest BCUT2D eigenvalue weighted by Crippen LogP contribution is -1.69. The molecule has 0 saturated heterocycles. The lowest BCUT2D eigenvalue weighted by Gasteiger charge is -1.74. The predicted molar refractivity (Wildman–Crippen MR) is 37.7 cm³/mol. The van der Waals surface area contributed by atoms with Crippen LogP contribution in [0.2, 0.25) is 0 Å². The van der Waals surface area contributed by atoms with Crippen molar-refractivity contribution in [1.82, 2.24) is 0 Å². The maximum Gasteiger partial charge on any atom is 0.156 e. The maximum atomic E-state index is 8.03. The molecule has 0 aliphatic heterocycles. The molecule has 34 valence electrons. The molecule has 0 bridgehead atoms. The monoisotopic (exact) mass is 302 g/mol. The van der Waals surface area contributed by atoms with E-state index in [1.54, 1.807) is 0 Å². The molecule has 5 heavy (non-hydrogen) atoms. The molecule has 0 spiro atoms. The Bertz CT molecular complexity index is 12.4. The molecule has 2 nitrogen and oxygen atoms in total. The van der Waals surface area contributed by atoms with Crippen molar-refractivity contribution in [3.05, 3.63) is 0 Å². The van der Waals surface area contributed by atoms with Crippen molar-refractivity contribution in [2.75, 3.05) is 0 Å². The van der Waals surface area contributed by atoms with Gasteiger partial charge in [-0.15, -0.1) is 0 Å². The Labute approximate surface area is 57.5 Å². The van der Waals surface area contributed by atoms with E-state index >= 15 is 0 Å². The molecular weight excluding hydrogens is 298 g/mol. The number of aliphatic hydroxyl groups is 1. The first-order valence-electron chi connectivity index (χ1n) is 0.695. The van der Waals surface area contributed by atoms with Crippen LogP contribution in [0.25, 0.3) is 0 Å². The van der Waals surface area contributed by atoms with Crippen LogP contribution >= 0.6 is 45.2 Å². The number of rotatable bonds is 0. The summed E-state index contributed by atoms with van der Waals surface area (Å²) < 4.78 is -0.227. The predicted octanol–water partition coefficient (Wildman–Crippen LogP) is 0.308. The molecule has 0 rings (SSSR count). The van der Waals surface area contributed by atoms with Crippen molar-refractivity contribution in [3.63, 3.8) is 0 Å². The molecule has 0 aromatic rings. The van der Waals surface area contributed by atoms with E-state index in [-0.39, 0.29) is 7.59 Å². The van der Waals surface area contributed by atoms with E-state index in [2.05, 4.69) is 0 Å². The van der Waals surface area contributed by atoms with Crippen LogP contribution in [0.3, 0.4) is 0 Å². The van der Waals surface area contributed by atoms with Gasteiger partial charge in [-0.25, -0.2) is 0 Å². The van der Waals surface area contributed by atoms with Gasteiger partial charge in [-0.05, 0) is 45.2 Å². The molecule has 0 aliphatic rings. The summed E-state index contributed by atoms with van der Waals surface area (Å²) in [5.41, 5.74) is 0. The van der Waals surface area contributed by atoms with Gasteiger partial charge in [0, 0.05) is 0 Å². The summed E-state index contributed by atoms with van der Waals surface area (Å²) in [6.45, 7) is 0. The normalized spacial score (nSPS) is 7.20. The zero-order chi connectivity index (χ0) is 3.58. The topological polar surface area (TPSA) is 51.7 Å². The maximum absolute atomic E-state index is 8.03. The Balaban J connectivity index is 0. The Morgan fingerprint density at radius 3 is 1.40 bits per heavy atom. The molecule has 0 atom stereocenters. The number of hydrogen-bond donors (Lipinski definition) is 1. The van der Waals surface area contributed by atoms with Crippen LogP contribution in [0.4, 0.5) is 0 Å². The molecule has 0 aromatic heterocycles. The average Bonchev–Trinajstić information content (AvgIpc) is 0.811. The van der Waals surface area contributed by atoms with Crippen LogP contribution in [-0.4, -0.2) is 12.7 Å². The average molecular weight is 302 g/mol.